The maximum Gasteiger partial charge on any atom is 2.00 e. The molecule has 0 saturated heterocycles. The molecule has 1 aromatic carbocycles. The molecule has 0 saturated carbocycles. The molecule has 0 aliphatic heterocycles. The zero-order chi connectivity index (χ0) is 8.43. The minimum atomic E-state index is -0.518. The first-order valence-corrected chi connectivity index (χ1v) is 2.90. The van der Waals surface area contributed by atoms with E-state index in [-0.39, 0.29) is 57.3 Å². The number of hydrogen-bond acceptors (Lipinski definition) is 4. The number of nitrogens with zero attached hydrogens (tertiary/aromatic N) is 1. The van der Waals surface area contributed by atoms with Crippen molar-refractivity contribution >= 4 is 17.1 Å². The molecule has 0 atom stereocenters. The summed E-state index contributed by atoms with van der Waals surface area (Å²) < 4.78 is 0. The summed E-state index contributed by atoms with van der Waals surface area (Å²) >= 11 is 0. The fraction of sp³-hybridized carbons (Fsp3) is 0. The third-order valence-electron chi connectivity index (χ3n) is 1.28. The van der Waals surface area contributed by atoms with Gasteiger partial charge >= 0.3 is 21.1 Å². The number of nitro groups is 1. The zero-order valence-electron chi connectivity index (χ0n) is 6.72. The molecule has 0 fully saturated rings. The van der Waals surface area contributed by atoms with Crippen LogP contribution < -0.4 is 36.3 Å². The Kier molecular flexibility index (Phi) is 10.7. The average Bonchev–Trinajstić information content (AvgIpc) is 1.94. The van der Waals surface area contributed by atoms with Gasteiger partial charge in [0.2, 0.25) is 0 Å². The summed E-state index contributed by atoms with van der Waals surface area (Å²) in [5.41, 5.74) is 11.2. The summed E-state index contributed by atoms with van der Waals surface area (Å²) in [6.45, 7) is 0. The van der Waals surface area contributed by atoms with E-state index in [0.29, 0.717) is 5.69 Å². The number of halogens is 2. The molecular weight excluding hydrogens is 412 g/mol. The van der Waals surface area contributed by atoms with E-state index in [4.69, 9.17) is 11.5 Å². The van der Waals surface area contributed by atoms with Crippen molar-refractivity contribution in [2.24, 2.45) is 0 Å². The normalized spacial score (nSPS) is 7.43. The maximum atomic E-state index is 10.2. The van der Waals surface area contributed by atoms with Gasteiger partial charge in [-0.25, -0.2) is 0 Å². The van der Waals surface area contributed by atoms with Crippen LogP contribution >= 0.6 is 0 Å². The standard InChI is InChI=1S/C6H7N3O2.2ClH.Pt/c7-5-2-1-4(9(10)11)3-6(5)8;;;/h1-3H,7-8H2;2*1H;/q;;;+2/p-2. The summed E-state index contributed by atoms with van der Waals surface area (Å²) in [5.74, 6) is 0. The molecule has 0 unspecified atom stereocenters. The van der Waals surface area contributed by atoms with Gasteiger partial charge in [-0.05, 0) is 6.07 Å². The molecule has 0 amide bonds. The van der Waals surface area contributed by atoms with E-state index in [9.17, 15) is 10.1 Å². The average molecular weight is 419 g/mol. The van der Waals surface area contributed by atoms with Crippen molar-refractivity contribution < 1.29 is 50.8 Å². The molecule has 5 nitrogen and oxygen atoms in total. The van der Waals surface area contributed by atoms with E-state index >= 15 is 0 Å². The molecule has 0 radical (unpaired) electrons. The molecule has 14 heavy (non-hydrogen) atoms. The Morgan fingerprint density at radius 2 is 1.64 bits per heavy atom. The molecule has 0 aliphatic carbocycles. The first kappa shape index (κ1) is 19.1. The molecule has 0 aliphatic rings. The predicted octanol–water partition coefficient (Wildman–Crippen LogP) is -5.24. The van der Waals surface area contributed by atoms with Gasteiger partial charge in [-0.3, -0.25) is 10.1 Å². The smallest absolute Gasteiger partial charge is 1.00 e. The van der Waals surface area contributed by atoms with Crippen LogP contribution in [0.1, 0.15) is 0 Å². The van der Waals surface area contributed by atoms with E-state index in [1.54, 1.807) is 0 Å². The van der Waals surface area contributed by atoms with Gasteiger partial charge in [-0.15, -0.1) is 0 Å². The minimum absolute atomic E-state index is 0. The summed E-state index contributed by atoms with van der Waals surface area (Å²) in [7, 11) is 0. The second-order valence-corrected chi connectivity index (χ2v) is 2.07. The van der Waals surface area contributed by atoms with Crippen LogP contribution in [0, 0.1) is 10.1 Å². The van der Waals surface area contributed by atoms with Crippen molar-refractivity contribution in [3.63, 3.8) is 0 Å². The number of rotatable bonds is 1. The monoisotopic (exact) mass is 418 g/mol. The summed E-state index contributed by atoms with van der Waals surface area (Å²) in [6.07, 6.45) is 0. The van der Waals surface area contributed by atoms with Crippen molar-refractivity contribution in [2.75, 3.05) is 11.5 Å². The van der Waals surface area contributed by atoms with Crippen LogP contribution in [-0.2, 0) is 21.1 Å². The number of nitrogen functional groups attached to an aromatic ring is 2. The molecule has 4 N–H and O–H groups in total. The largest absolute Gasteiger partial charge is 2.00 e. The molecule has 0 spiro atoms. The molecule has 82 valence electrons. The number of nitrogens with two attached hydrogens (primary N) is 2. The van der Waals surface area contributed by atoms with Gasteiger partial charge < -0.3 is 36.3 Å². The number of nitro benzene ring substituents is 1. The van der Waals surface area contributed by atoms with Crippen molar-refractivity contribution in [1.29, 1.82) is 0 Å². The van der Waals surface area contributed by atoms with Gasteiger partial charge in [0.1, 0.15) is 0 Å². The molecule has 0 bridgehead atoms. The number of hydrogen-bond donors (Lipinski definition) is 2. The van der Waals surface area contributed by atoms with E-state index in [1.165, 1.54) is 18.2 Å². The van der Waals surface area contributed by atoms with Gasteiger partial charge in [-0.1, -0.05) is 0 Å². The van der Waals surface area contributed by atoms with Crippen molar-refractivity contribution in [1.82, 2.24) is 0 Å². The van der Waals surface area contributed by atoms with Crippen LogP contribution in [0.15, 0.2) is 18.2 Å². The van der Waals surface area contributed by atoms with Gasteiger partial charge in [0.15, 0.2) is 0 Å². The van der Waals surface area contributed by atoms with Gasteiger partial charge in [0.25, 0.3) is 5.69 Å². The molecule has 1 rings (SSSR count). The van der Waals surface area contributed by atoms with Crippen LogP contribution in [0.25, 0.3) is 0 Å². The number of anilines is 2. The van der Waals surface area contributed by atoms with E-state index in [2.05, 4.69) is 0 Å². The molecule has 0 heterocycles. The van der Waals surface area contributed by atoms with Crippen molar-refractivity contribution in [3.8, 4) is 0 Å². The SMILES string of the molecule is Nc1ccc([N+](=O)[O-])cc1N.[Cl-].[Cl-].[Pt+2]. The van der Waals surface area contributed by atoms with Gasteiger partial charge in [-0.2, -0.15) is 0 Å². The van der Waals surface area contributed by atoms with Crippen LogP contribution in [0.3, 0.4) is 0 Å². The summed E-state index contributed by atoms with van der Waals surface area (Å²) in [6, 6.07) is 3.95. The minimum Gasteiger partial charge on any atom is -1.00 e. The number of non-ortho nitro benzene ring substituents is 1. The second-order valence-electron chi connectivity index (χ2n) is 2.07. The first-order chi connectivity index (χ1) is 5.11. The predicted molar refractivity (Wildman–Crippen MR) is 41.9 cm³/mol. The van der Waals surface area contributed by atoms with E-state index in [0.717, 1.165) is 0 Å². The second kappa shape index (κ2) is 7.85. The van der Waals surface area contributed by atoms with E-state index < -0.39 is 4.92 Å². The van der Waals surface area contributed by atoms with Crippen molar-refractivity contribution in [3.05, 3.63) is 28.3 Å². The summed E-state index contributed by atoms with van der Waals surface area (Å²) in [5, 5.41) is 10.2. The Hall–Kier alpha value is -0.512. The zero-order valence-corrected chi connectivity index (χ0v) is 10.5. The van der Waals surface area contributed by atoms with Crippen molar-refractivity contribution in [2.45, 2.75) is 0 Å². The third-order valence-corrected chi connectivity index (χ3v) is 1.28. The Morgan fingerprint density at radius 3 is 2.00 bits per heavy atom. The maximum absolute atomic E-state index is 10.2. The summed E-state index contributed by atoms with van der Waals surface area (Å²) in [4.78, 5) is 9.66. The third kappa shape index (κ3) is 4.65. The van der Waals surface area contributed by atoms with Crippen LogP contribution in [0.2, 0.25) is 0 Å². The molecule has 8 heteroatoms. The quantitative estimate of drug-likeness (QED) is 0.270. The van der Waals surface area contributed by atoms with Crippen LogP contribution in [-0.4, -0.2) is 4.92 Å². The number of benzene rings is 1. The Morgan fingerprint density at radius 1 is 1.14 bits per heavy atom. The fourth-order valence-electron chi connectivity index (χ4n) is 0.676. The van der Waals surface area contributed by atoms with Crippen LogP contribution in [0.5, 0.6) is 0 Å². The molecule has 1 aromatic rings. The van der Waals surface area contributed by atoms with Gasteiger partial charge in [0.05, 0.1) is 16.3 Å². The Bertz CT molecular complexity index is 311. The Labute approximate surface area is 107 Å². The topological polar surface area (TPSA) is 95.2 Å². The fourth-order valence-corrected chi connectivity index (χ4v) is 0.676. The molecule has 0 aromatic heterocycles. The Balaban J connectivity index is -0.000000403. The van der Waals surface area contributed by atoms with Gasteiger partial charge in [0, 0.05) is 12.1 Å². The van der Waals surface area contributed by atoms with Crippen LogP contribution in [0.4, 0.5) is 17.1 Å². The molecular formula is C6H7Cl2N3O2Pt. The first-order valence-electron chi connectivity index (χ1n) is 2.90. The van der Waals surface area contributed by atoms with E-state index in [1.807, 2.05) is 0 Å².